The highest BCUT2D eigenvalue weighted by Crippen LogP contribution is 2.15. The van der Waals surface area contributed by atoms with Crippen LogP contribution in [0.2, 0.25) is 0 Å². The molecule has 0 saturated heterocycles. The van der Waals surface area contributed by atoms with Crippen LogP contribution in [0, 0.1) is 0 Å². The number of amides is 2. The normalized spacial score (nSPS) is 11.8. The number of nitrogens with one attached hydrogen (secondary N) is 2. The minimum Gasteiger partial charge on any atom is -0.494 e. The molecule has 8 nitrogen and oxygen atoms in total. The van der Waals surface area contributed by atoms with E-state index in [0.29, 0.717) is 29.6 Å². The summed E-state index contributed by atoms with van der Waals surface area (Å²) >= 11 is 0. The summed E-state index contributed by atoms with van der Waals surface area (Å²) in [6, 6.07) is 13.6. The van der Waals surface area contributed by atoms with Gasteiger partial charge in [-0.15, -0.1) is 5.10 Å². The Morgan fingerprint density at radius 2 is 1.89 bits per heavy atom. The standard InChI is InChI=1S/C20H23N5O3/c1-3-14(13-25-19(26)17-7-5-6-8-18(17)23-24-25)21-20(27)22-15-9-11-16(12-10-15)28-4-2/h5-12,14H,3-4,13H2,1-2H3,(H2,21,22,27)/t14-/m0/s1. The first kappa shape index (κ1) is 19.3. The van der Waals surface area contributed by atoms with Gasteiger partial charge in [0, 0.05) is 5.69 Å². The largest absolute Gasteiger partial charge is 0.494 e. The maximum absolute atomic E-state index is 12.6. The SMILES string of the molecule is CCOc1ccc(NC(=O)N[C@@H](CC)Cn2nnc3ccccc3c2=O)cc1. The van der Waals surface area contributed by atoms with Crippen molar-refractivity contribution < 1.29 is 9.53 Å². The van der Waals surface area contributed by atoms with Crippen LogP contribution in [0.25, 0.3) is 10.9 Å². The molecule has 1 heterocycles. The van der Waals surface area contributed by atoms with Gasteiger partial charge in [-0.1, -0.05) is 24.3 Å². The average molecular weight is 381 g/mol. The van der Waals surface area contributed by atoms with E-state index < -0.39 is 0 Å². The lowest BCUT2D eigenvalue weighted by atomic mass is 10.2. The zero-order chi connectivity index (χ0) is 19.9. The predicted octanol–water partition coefficient (Wildman–Crippen LogP) is 2.79. The number of anilines is 1. The van der Waals surface area contributed by atoms with E-state index >= 15 is 0 Å². The fourth-order valence-electron chi connectivity index (χ4n) is 2.78. The lowest BCUT2D eigenvalue weighted by Crippen LogP contribution is -2.42. The molecule has 0 saturated carbocycles. The topological polar surface area (TPSA) is 98.1 Å². The zero-order valence-electron chi connectivity index (χ0n) is 15.9. The van der Waals surface area contributed by atoms with Crippen molar-refractivity contribution >= 4 is 22.6 Å². The summed E-state index contributed by atoms with van der Waals surface area (Å²) in [6.45, 7) is 4.67. The number of hydrogen-bond acceptors (Lipinski definition) is 5. The van der Waals surface area contributed by atoms with Crippen molar-refractivity contribution in [3.05, 3.63) is 58.9 Å². The van der Waals surface area contributed by atoms with Crippen LogP contribution < -0.4 is 20.9 Å². The van der Waals surface area contributed by atoms with E-state index in [1.165, 1.54) is 4.68 Å². The van der Waals surface area contributed by atoms with Crippen molar-refractivity contribution in [1.29, 1.82) is 0 Å². The summed E-state index contributed by atoms with van der Waals surface area (Å²) in [5.41, 5.74) is 0.981. The number of benzene rings is 2. The Kier molecular flexibility index (Phi) is 6.21. The van der Waals surface area contributed by atoms with Gasteiger partial charge in [-0.05, 0) is 49.7 Å². The number of rotatable bonds is 7. The monoisotopic (exact) mass is 381 g/mol. The third kappa shape index (κ3) is 4.64. The van der Waals surface area contributed by atoms with Crippen LogP contribution in [0.1, 0.15) is 20.3 Å². The van der Waals surface area contributed by atoms with Gasteiger partial charge >= 0.3 is 6.03 Å². The van der Waals surface area contributed by atoms with Gasteiger partial charge in [-0.25, -0.2) is 9.48 Å². The van der Waals surface area contributed by atoms with Crippen LogP contribution in [0.5, 0.6) is 5.75 Å². The first-order valence-corrected chi connectivity index (χ1v) is 9.23. The summed E-state index contributed by atoms with van der Waals surface area (Å²) in [5, 5.41) is 14.2. The van der Waals surface area contributed by atoms with E-state index in [1.54, 1.807) is 42.5 Å². The van der Waals surface area contributed by atoms with E-state index in [4.69, 9.17) is 4.74 Å². The van der Waals surface area contributed by atoms with E-state index in [2.05, 4.69) is 20.9 Å². The van der Waals surface area contributed by atoms with Crippen LogP contribution >= 0.6 is 0 Å². The van der Waals surface area contributed by atoms with E-state index in [9.17, 15) is 9.59 Å². The number of aromatic nitrogens is 3. The Labute approximate surface area is 162 Å². The second-order valence-electron chi connectivity index (χ2n) is 6.25. The van der Waals surface area contributed by atoms with E-state index in [0.717, 1.165) is 5.75 Å². The Bertz CT molecular complexity index is 1000. The molecule has 2 amide bonds. The van der Waals surface area contributed by atoms with Crippen molar-refractivity contribution in [1.82, 2.24) is 20.3 Å². The molecular formula is C20H23N5O3. The predicted molar refractivity (Wildman–Crippen MR) is 108 cm³/mol. The summed E-state index contributed by atoms with van der Waals surface area (Å²) in [4.78, 5) is 24.9. The molecule has 2 aromatic carbocycles. The van der Waals surface area contributed by atoms with Crippen molar-refractivity contribution in [3.63, 3.8) is 0 Å². The molecule has 0 aliphatic rings. The number of fused-ring (bicyclic) bond motifs is 1. The number of carbonyl (C=O) groups excluding carboxylic acids is 1. The van der Waals surface area contributed by atoms with Gasteiger partial charge in [0.1, 0.15) is 11.3 Å². The molecule has 0 fully saturated rings. The Morgan fingerprint density at radius 3 is 2.61 bits per heavy atom. The first-order valence-electron chi connectivity index (χ1n) is 9.23. The molecule has 3 aromatic rings. The van der Waals surface area contributed by atoms with Crippen LogP contribution in [0.4, 0.5) is 10.5 Å². The second kappa shape index (κ2) is 8.98. The van der Waals surface area contributed by atoms with Gasteiger partial charge in [0.15, 0.2) is 0 Å². The van der Waals surface area contributed by atoms with E-state index in [1.807, 2.05) is 19.9 Å². The van der Waals surface area contributed by atoms with Crippen LogP contribution in [0.3, 0.4) is 0 Å². The van der Waals surface area contributed by atoms with E-state index in [-0.39, 0.29) is 24.2 Å². The number of carbonyl (C=O) groups is 1. The van der Waals surface area contributed by atoms with Crippen LogP contribution in [-0.2, 0) is 6.54 Å². The maximum Gasteiger partial charge on any atom is 0.319 e. The highest BCUT2D eigenvalue weighted by molar-refractivity contribution is 5.89. The number of nitrogens with zero attached hydrogens (tertiary/aromatic N) is 3. The second-order valence-corrected chi connectivity index (χ2v) is 6.25. The van der Waals surface area contributed by atoms with Crippen molar-refractivity contribution in [2.75, 3.05) is 11.9 Å². The molecule has 8 heteroatoms. The van der Waals surface area contributed by atoms with Crippen LogP contribution in [-0.4, -0.2) is 33.7 Å². The van der Waals surface area contributed by atoms with Gasteiger partial charge < -0.3 is 15.4 Å². The molecule has 0 aliphatic heterocycles. The lowest BCUT2D eigenvalue weighted by molar-refractivity contribution is 0.245. The molecule has 3 rings (SSSR count). The van der Waals surface area contributed by atoms with Crippen LogP contribution in [0.15, 0.2) is 53.3 Å². The molecule has 0 aliphatic carbocycles. The lowest BCUT2D eigenvalue weighted by Gasteiger charge is -2.18. The number of hydrogen-bond donors (Lipinski definition) is 2. The third-order valence-electron chi connectivity index (χ3n) is 4.27. The fraction of sp³-hybridized carbons (Fsp3) is 0.300. The minimum absolute atomic E-state index is 0.224. The molecule has 0 spiro atoms. The van der Waals surface area contributed by atoms with Gasteiger partial charge in [0.05, 0.1) is 24.6 Å². The Hall–Kier alpha value is -3.42. The summed E-state index contributed by atoms with van der Waals surface area (Å²) in [6.07, 6.45) is 0.637. The zero-order valence-corrected chi connectivity index (χ0v) is 15.9. The molecule has 28 heavy (non-hydrogen) atoms. The highest BCUT2D eigenvalue weighted by atomic mass is 16.5. The van der Waals surface area contributed by atoms with Gasteiger partial charge in [-0.3, -0.25) is 4.79 Å². The van der Waals surface area contributed by atoms with Gasteiger partial charge in [0.25, 0.3) is 5.56 Å². The molecule has 1 aromatic heterocycles. The van der Waals surface area contributed by atoms with Gasteiger partial charge in [0.2, 0.25) is 0 Å². The van der Waals surface area contributed by atoms with Crippen molar-refractivity contribution in [2.24, 2.45) is 0 Å². The minimum atomic E-state index is -0.349. The Balaban J connectivity index is 1.64. The molecule has 146 valence electrons. The first-order chi connectivity index (χ1) is 13.6. The smallest absolute Gasteiger partial charge is 0.319 e. The molecule has 0 unspecified atom stereocenters. The molecule has 1 atom stereocenters. The van der Waals surface area contributed by atoms with Crippen molar-refractivity contribution in [2.45, 2.75) is 32.9 Å². The maximum atomic E-state index is 12.6. The average Bonchev–Trinajstić information content (AvgIpc) is 2.71. The number of urea groups is 1. The molecule has 0 bridgehead atoms. The molecule has 0 radical (unpaired) electrons. The quantitative estimate of drug-likeness (QED) is 0.656. The molecular weight excluding hydrogens is 358 g/mol. The number of ether oxygens (including phenoxy) is 1. The fourth-order valence-corrected chi connectivity index (χ4v) is 2.78. The Morgan fingerprint density at radius 1 is 1.14 bits per heavy atom. The van der Waals surface area contributed by atoms with Gasteiger partial charge in [-0.2, -0.15) is 0 Å². The summed E-state index contributed by atoms with van der Waals surface area (Å²) in [7, 11) is 0. The summed E-state index contributed by atoms with van der Waals surface area (Å²) in [5.74, 6) is 0.745. The van der Waals surface area contributed by atoms with Crippen molar-refractivity contribution in [3.8, 4) is 5.75 Å². The summed E-state index contributed by atoms with van der Waals surface area (Å²) < 4.78 is 6.67. The third-order valence-corrected chi connectivity index (χ3v) is 4.27. The highest BCUT2D eigenvalue weighted by Gasteiger charge is 2.14. The molecule has 2 N–H and O–H groups in total.